The number of halogens is 2. The van der Waals surface area contributed by atoms with E-state index in [4.69, 9.17) is 23.2 Å². The molecule has 128 valence electrons. The van der Waals surface area contributed by atoms with Crippen molar-refractivity contribution in [3.63, 3.8) is 0 Å². The van der Waals surface area contributed by atoms with E-state index in [-0.39, 0.29) is 5.91 Å². The molecule has 0 radical (unpaired) electrons. The summed E-state index contributed by atoms with van der Waals surface area (Å²) in [5.41, 5.74) is 2.29. The van der Waals surface area contributed by atoms with Gasteiger partial charge >= 0.3 is 0 Å². The molecule has 0 unspecified atom stereocenters. The van der Waals surface area contributed by atoms with Crippen molar-refractivity contribution in [1.82, 2.24) is 10.6 Å². The Bertz CT molecular complexity index is 647. The summed E-state index contributed by atoms with van der Waals surface area (Å²) < 4.78 is 0. The first-order chi connectivity index (χ1) is 11.6. The molecular weight excluding hydrogens is 343 g/mol. The Morgan fingerprint density at radius 2 is 1.71 bits per heavy atom. The highest BCUT2D eigenvalue weighted by Gasteiger charge is 2.04. The Labute approximate surface area is 153 Å². The zero-order chi connectivity index (χ0) is 17.2. The number of nitrogens with one attached hydrogen (secondary N) is 2. The Morgan fingerprint density at radius 3 is 2.46 bits per heavy atom. The van der Waals surface area contributed by atoms with Crippen LogP contribution in [0.15, 0.2) is 48.5 Å². The first-order valence-electron chi connectivity index (χ1n) is 8.10. The van der Waals surface area contributed by atoms with E-state index in [1.807, 2.05) is 24.3 Å². The number of carbonyl (C=O) groups is 1. The van der Waals surface area contributed by atoms with Crippen LogP contribution in [0.25, 0.3) is 0 Å². The Kier molecular flexibility index (Phi) is 8.10. The van der Waals surface area contributed by atoms with Crippen LogP contribution in [-0.2, 0) is 17.6 Å². The van der Waals surface area contributed by atoms with Crippen molar-refractivity contribution in [3.8, 4) is 0 Å². The van der Waals surface area contributed by atoms with Crippen LogP contribution in [-0.4, -0.2) is 25.5 Å². The van der Waals surface area contributed by atoms with Crippen molar-refractivity contribution in [2.75, 3.05) is 19.6 Å². The van der Waals surface area contributed by atoms with Gasteiger partial charge in [-0.3, -0.25) is 4.79 Å². The molecule has 3 nitrogen and oxygen atoms in total. The van der Waals surface area contributed by atoms with Gasteiger partial charge < -0.3 is 10.6 Å². The highest BCUT2D eigenvalue weighted by Crippen LogP contribution is 2.20. The monoisotopic (exact) mass is 364 g/mol. The van der Waals surface area contributed by atoms with Crippen molar-refractivity contribution in [3.05, 3.63) is 69.7 Å². The van der Waals surface area contributed by atoms with E-state index < -0.39 is 0 Å². The summed E-state index contributed by atoms with van der Waals surface area (Å²) in [4.78, 5) is 11.8. The van der Waals surface area contributed by atoms with Crippen LogP contribution >= 0.6 is 23.2 Å². The van der Waals surface area contributed by atoms with Gasteiger partial charge in [0.25, 0.3) is 0 Å². The molecular formula is C19H22Cl2N2O. The lowest BCUT2D eigenvalue weighted by Crippen LogP contribution is -2.29. The maximum absolute atomic E-state index is 11.8. The van der Waals surface area contributed by atoms with Gasteiger partial charge in [-0.2, -0.15) is 0 Å². The first-order valence-corrected chi connectivity index (χ1v) is 8.86. The summed E-state index contributed by atoms with van der Waals surface area (Å²) in [6, 6.07) is 15.7. The molecule has 2 rings (SSSR count). The van der Waals surface area contributed by atoms with Crippen LogP contribution in [0.1, 0.15) is 17.5 Å². The Morgan fingerprint density at radius 1 is 0.917 bits per heavy atom. The lowest BCUT2D eigenvalue weighted by atomic mass is 10.1. The van der Waals surface area contributed by atoms with E-state index in [1.54, 1.807) is 12.1 Å². The smallest absolute Gasteiger partial charge is 0.221 e. The van der Waals surface area contributed by atoms with Crippen LogP contribution in [0, 0.1) is 0 Å². The summed E-state index contributed by atoms with van der Waals surface area (Å²) >= 11 is 12.0. The molecule has 5 heteroatoms. The second-order valence-corrected chi connectivity index (χ2v) is 6.41. The van der Waals surface area contributed by atoms with Crippen LogP contribution < -0.4 is 10.6 Å². The van der Waals surface area contributed by atoms with Crippen molar-refractivity contribution < 1.29 is 4.79 Å². The molecule has 0 aromatic heterocycles. The van der Waals surface area contributed by atoms with Crippen molar-refractivity contribution >= 4 is 29.1 Å². The fraction of sp³-hybridized carbons (Fsp3) is 0.316. The van der Waals surface area contributed by atoms with Gasteiger partial charge in [0.1, 0.15) is 0 Å². The fourth-order valence-electron chi connectivity index (χ4n) is 2.35. The quantitative estimate of drug-likeness (QED) is 0.663. The largest absolute Gasteiger partial charge is 0.356 e. The van der Waals surface area contributed by atoms with E-state index in [2.05, 4.69) is 22.8 Å². The molecule has 0 aliphatic carbocycles. The SMILES string of the molecule is O=C(CCNCCc1ccccc1)NCCc1ccc(Cl)cc1Cl. The van der Waals surface area contributed by atoms with E-state index in [1.165, 1.54) is 5.56 Å². The summed E-state index contributed by atoms with van der Waals surface area (Å²) in [5.74, 6) is 0.0484. The third kappa shape index (κ3) is 6.91. The minimum Gasteiger partial charge on any atom is -0.356 e. The maximum atomic E-state index is 11.8. The third-order valence-electron chi connectivity index (χ3n) is 3.69. The molecule has 0 bridgehead atoms. The normalized spacial score (nSPS) is 10.6. The lowest BCUT2D eigenvalue weighted by molar-refractivity contribution is -0.120. The molecule has 24 heavy (non-hydrogen) atoms. The molecule has 2 aromatic rings. The average molecular weight is 365 g/mol. The van der Waals surface area contributed by atoms with Gasteiger partial charge in [0, 0.05) is 29.6 Å². The second-order valence-electron chi connectivity index (χ2n) is 5.57. The average Bonchev–Trinajstić information content (AvgIpc) is 2.57. The molecule has 0 saturated carbocycles. The van der Waals surface area contributed by atoms with Crippen molar-refractivity contribution in [1.29, 1.82) is 0 Å². The lowest BCUT2D eigenvalue weighted by Gasteiger charge is -2.08. The minimum atomic E-state index is 0.0484. The number of hydrogen-bond acceptors (Lipinski definition) is 2. The second kappa shape index (κ2) is 10.3. The first kappa shape index (κ1) is 18.8. The third-order valence-corrected chi connectivity index (χ3v) is 4.28. The van der Waals surface area contributed by atoms with Gasteiger partial charge in [0.2, 0.25) is 5.91 Å². The van der Waals surface area contributed by atoms with E-state index in [9.17, 15) is 4.79 Å². The fourth-order valence-corrected chi connectivity index (χ4v) is 2.86. The molecule has 2 aromatic carbocycles. The molecule has 2 N–H and O–H groups in total. The summed E-state index contributed by atoms with van der Waals surface area (Å²) in [5, 5.41) is 7.46. The summed E-state index contributed by atoms with van der Waals surface area (Å²) in [7, 11) is 0. The minimum absolute atomic E-state index is 0.0484. The summed E-state index contributed by atoms with van der Waals surface area (Å²) in [6.45, 7) is 2.13. The number of carbonyl (C=O) groups excluding carboxylic acids is 1. The van der Waals surface area contributed by atoms with E-state index in [0.717, 1.165) is 18.5 Å². The Balaban J connectivity index is 1.55. The van der Waals surface area contributed by atoms with Gasteiger partial charge in [-0.05, 0) is 42.6 Å². The highest BCUT2D eigenvalue weighted by molar-refractivity contribution is 6.35. The zero-order valence-electron chi connectivity index (χ0n) is 13.5. The molecule has 0 saturated heterocycles. The van der Waals surface area contributed by atoms with Gasteiger partial charge in [0.15, 0.2) is 0 Å². The molecule has 0 fully saturated rings. The molecule has 0 aliphatic rings. The molecule has 1 amide bonds. The van der Waals surface area contributed by atoms with Crippen LogP contribution in [0.2, 0.25) is 10.0 Å². The van der Waals surface area contributed by atoms with Crippen molar-refractivity contribution in [2.24, 2.45) is 0 Å². The molecule has 0 spiro atoms. The van der Waals surface area contributed by atoms with Gasteiger partial charge in [-0.15, -0.1) is 0 Å². The number of benzene rings is 2. The van der Waals surface area contributed by atoms with E-state index in [0.29, 0.717) is 36.0 Å². The number of amides is 1. The highest BCUT2D eigenvalue weighted by atomic mass is 35.5. The predicted molar refractivity (Wildman–Crippen MR) is 101 cm³/mol. The van der Waals surface area contributed by atoms with Gasteiger partial charge in [-0.1, -0.05) is 59.6 Å². The maximum Gasteiger partial charge on any atom is 0.221 e. The number of rotatable bonds is 9. The van der Waals surface area contributed by atoms with Gasteiger partial charge in [-0.25, -0.2) is 0 Å². The number of hydrogen-bond donors (Lipinski definition) is 2. The topological polar surface area (TPSA) is 41.1 Å². The van der Waals surface area contributed by atoms with Crippen LogP contribution in [0.5, 0.6) is 0 Å². The van der Waals surface area contributed by atoms with E-state index >= 15 is 0 Å². The standard InChI is InChI=1S/C19H22Cl2N2O/c20-17-7-6-16(18(21)14-17)9-13-23-19(24)10-12-22-11-8-15-4-2-1-3-5-15/h1-7,14,22H,8-13H2,(H,23,24). The predicted octanol–water partition coefficient (Wildman–Crippen LogP) is 3.87. The van der Waals surface area contributed by atoms with Crippen LogP contribution in [0.3, 0.4) is 0 Å². The van der Waals surface area contributed by atoms with Gasteiger partial charge in [0.05, 0.1) is 0 Å². The van der Waals surface area contributed by atoms with Crippen molar-refractivity contribution in [2.45, 2.75) is 19.3 Å². The molecule has 0 aliphatic heterocycles. The molecule has 0 atom stereocenters. The van der Waals surface area contributed by atoms with Crippen LogP contribution in [0.4, 0.5) is 0 Å². The Hall–Kier alpha value is -1.55. The summed E-state index contributed by atoms with van der Waals surface area (Å²) in [6.07, 6.45) is 2.14. The zero-order valence-corrected chi connectivity index (χ0v) is 15.0. The molecule has 0 heterocycles.